The lowest BCUT2D eigenvalue weighted by atomic mass is 10.1. The lowest BCUT2D eigenvalue weighted by Crippen LogP contribution is -1.92. The molecule has 1 aliphatic carbocycles. The van der Waals surface area contributed by atoms with E-state index in [0.717, 1.165) is 22.5 Å². The average Bonchev–Trinajstić information content (AvgIpc) is 3.17. The molecule has 4 rings (SSSR count). The summed E-state index contributed by atoms with van der Waals surface area (Å²) >= 11 is 1.18. The van der Waals surface area contributed by atoms with Gasteiger partial charge >= 0.3 is 0 Å². The summed E-state index contributed by atoms with van der Waals surface area (Å²) in [6.45, 7) is 0. The molecule has 0 amide bonds. The number of aromatic nitrogens is 5. The zero-order chi connectivity index (χ0) is 11.9. The molecule has 0 saturated heterocycles. The van der Waals surface area contributed by atoms with Gasteiger partial charge < -0.3 is 0 Å². The summed E-state index contributed by atoms with van der Waals surface area (Å²) in [6, 6.07) is 1.97. The fourth-order valence-electron chi connectivity index (χ4n) is 1.88. The van der Waals surface area contributed by atoms with E-state index in [0.29, 0.717) is 11.6 Å². The predicted molar refractivity (Wildman–Crippen MR) is 68.2 cm³/mol. The fraction of sp³-hybridized carbons (Fsp3) is 0.250. The van der Waals surface area contributed by atoms with Crippen molar-refractivity contribution in [2.24, 2.45) is 0 Å². The van der Waals surface area contributed by atoms with Gasteiger partial charge in [0, 0.05) is 35.6 Å². The maximum absolute atomic E-state index is 4.41. The normalized spacial score (nSPS) is 15.1. The van der Waals surface area contributed by atoms with Gasteiger partial charge in [-0.2, -0.15) is 8.75 Å². The molecule has 0 aromatic carbocycles. The monoisotopic (exact) mass is 255 g/mol. The van der Waals surface area contributed by atoms with Crippen LogP contribution in [0.2, 0.25) is 0 Å². The maximum Gasteiger partial charge on any atom is 0.193 e. The van der Waals surface area contributed by atoms with E-state index in [1.807, 2.05) is 18.5 Å². The highest BCUT2D eigenvalue weighted by Gasteiger charge is 2.26. The van der Waals surface area contributed by atoms with Gasteiger partial charge in [-0.15, -0.1) is 0 Å². The van der Waals surface area contributed by atoms with E-state index in [-0.39, 0.29) is 0 Å². The van der Waals surface area contributed by atoms with Gasteiger partial charge in [0.05, 0.1) is 11.7 Å². The maximum atomic E-state index is 4.41. The summed E-state index contributed by atoms with van der Waals surface area (Å²) in [6.07, 6.45) is 7.96. The van der Waals surface area contributed by atoms with E-state index in [9.17, 15) is 0 Å². The van der Waals surface area contributed by atoms with Crippen LogP contribution in [0.15, 0.2) is 24.7 Å². The molecule has 0 radical (unpaired) electrons. The van der Waals surface area contributed by atoms with Crippen molar-refractivity contribution in [1.29, 1.82) is 0 Å². The van der Waals surface area contributed by atoms with Crippen molar-refractivity contribution in [2.75, 3.05) is 0 Å². The van der Waals surface area contributed by atoms with E-state index in [1.165, 1.54) is 24.6 Å². The molecule has 0 unspecified atom stereocenters. The second-order valence-corrected chi connectivity index (χ2v) is 4.96. The number of fused-ring (bicyclic) bond motifs is 1. The summed E-state index contributed by atoms with van der Waals surface area (Å²) < 4.78 is 8.28. The molecule has 1 fully saturated rings. The summed E-state index contributed by atoms with van der Waals surface area (Å²) in [5.41, 5.74) is 3.47. The van der Waals surface area contributed by atoms with Crippen molar-refractivity contribution in [3.63, 3.8) is 0 Å². The Kier molecular flexibility index (Phi) is 2.10. The van der Waals surface area contributed by atoms with Gasteiger partial charge in [-0.3, -0.25) is 0 Å². The van der Waals surface area contributed by atoms with Crippen LogP contribution in [-0.4, -0.2) is 23.7 Å². The van der Waals surface area contributed by atoms with E-state index < -0.39 is 0 Å². The van der Waals surface area contributed by atoms with Crippen molar-refractivity contribution in [3.8, 4) is 11.1 Å². The van der Waals surface area contributed by atoms with Gasteiger partial charge in [0.2, 0.25) is 0 Å². The average molecular weight is 255 g/mol. The standard InChI is InChI=1S/C12H9N5S/c1-2-7(1)11-13-5-9(6-14-11)8-3-10-12(15-4-8)17-18-16-10/h3-7H,1-2H2. The third-order valence-corrected chi connectivity index (χ3v) is 3.59. The van der Waals surface area contributed by atoms with Gasteiger partial charge in [0.25, 0.3) is 0 Å². The summed E-state index contributed by atoms with van der Waals surface area (Å²) in [7, 11) is 0. The Bertz CT molecular complexity index is 702. The Labute approximate surface area is 107 Å². The SMILES string of the molecule is c1nc(C2CC2)ncc1-c1cnc2nsnc2c1. The number of pyridine rings is 1. The Balaban J connectivity index is 1.75. The lowest BCUT2D eigenvalue weighted by molar-refractivity contribution is 0.928. The number of nitrogens with zero attached hydrogens (tertiary/aromatic N) is 5. The molecule has 0 spiro atoms. The first-order chi connectivity index (χ1) is 8.90. The van der Waals surface area contributed by atoms with Crippen molar-refractivity contribution in [2.45, 2.75) is 18.8 Å². The first kappa shape index (κ1) is 10.0. The van der Waals surface area contributed by atoms with Crippen LogP contribution in [0.3, 0.4) is 0 Å². The van der Waals surface area contributed by atoms with Crippen molar-refractivity contribution in [3.05, 3.63) is 30.5 Å². The van der Waals surface area contributed by atoms with Gasteiger partial charge in [0.15, 0.2) is 5.65 Å². The first-order valence-electron chi connectivity index (χ1n) is 5.81. The Morgan fingerprint density at radius 3 is 2.50 bits per heavy atom. The molecule has 3 aromatic heterocycles. The zero-order valence-corrected chi connectivity index (χ0v) is 10.3. The van der Waals surface area contributed by atoms with E-state index in [1.54, 1.807) is 6.20 Å². The summed E-state index contributed by atoms with van der Waals surface area (Å²) in [4.78, 5) is 13.1. The number of rotatable bonds is 2. The molecule has 6 heteroatoms. The van der Waals surface area contributed by atoms with Crippen LogP contribution in [0.25, 0.3) is 22.3 Å². The van der Waals surface area contributed by atoms with Crippen molar-refractivity contribution >= 4 is 22.9 Å². The molecule has 3 heterocycles. The Morgan fingerprint density at radius 2 is 1.72 bits per heavy atom. The Morgan fingerprint density at radius 1 is 0.944 bits per heavy atom. The topological polar surface area (TPSA) is 64.5 Å². The van der Waals surface area contributed by atoms with Crippen LogP contribution in [0.5, 0.6) is 0 Å². The van der Waals surface area contributed by atoms with Crippen LogP contribution in [0, 0.1) is 0 Å². The molecular formula is C12H9N5S. The zero-order valence-electron chi connectivity index (χ0n) is 9.45. The molecular weight excluding hydrogens is 246 g/mol. The van der Waals surface area contributed by atoms with Gasteiger partial charge in [0.1, 0.15) is 11.3 Å². The van der Waals surface area contributed by atoms with Gasteiger partial charge in [-0.25, -0.2) is 15.0 Å². The molecule has 3 aromatic rings. The van der Waals surface area contributed by atoms with Crippen molar-refractivity contribution < 1.29 is 0 Å². The van der Waals surface area contributed by atoms with Crippen molar-refractivity contribution in [1.82, 2.24) is 23.7 Å². The summed E-state index contributed by atoms with van der Waals surface area (Å²) in [5.74, 6) is 1.55. The van der Waals surface area contributed by atoms with Gasteiger partial charge in [-0.1, -0.05) is 0 Å². The minimum absolute atomic E-state index is 0.586. The van der Waals surface area contributed by atoms with E-state index in [4.69, 9.17) is 0 Å². The molecule has 0 N–H and O–H groups in total. The lowest BCUT2D eigenvalue weighted by Gasteiger charge is -2.01. The minimum atomic E-state index is 0.586. The fourth-order valence-corrected chi connectivity index (χ4v) is 2.36. The molecule has 1 saturated carbocycles. The molecule has 88 valence electrons. The quantitative estimate of drug-likeness (QED) is 0.703. The number of hydrogen-bond donors (Lipinski definition) is 0. The molecule has 1 aliphatic rings. The molecule has 18 heavy (non-hydrogen) atoms. The molecule has 5 nitrogen and oxygen atoms in total. The largest absolute Gasteiger partial charge is 0.240 e. The molecule has 0 bridgehead atoms. The van der Waals surface area contributed by atoms with Crippen LogP contribution < -0.4 is 0 Å². The minimum Gasteiger partial charge on any atom is -0.240 e. The van der Waals surface area contributed by atoms with Crippen LogP contribution in [0.4, 0.5) is 0 Å². The third kappa shape index (κ3) is 1.65. The predicted octanol–water partition coefficient (Wildman–Crippen LogP) is 2.42. The highest BCUT2D eigenvalue weighted by Crippen LogP contribution is 2.37. The highest BCUT2D eigenvalue weighted by molar-refractivity contribution is 7.00. The highest BCUT2D eigenvalue weighted by atomic mass is 32.1. The van der Waals surface area contributed by atoms with Crippen LogP contribution >= 0.6 is 11.7 Å². The molecule has 0 atom stereocenters. The smallest absolute Gasteiger partial charge is 0.193 e. The second kappa shape index (κ2) is 3.78. The van der Waals surface area contributed by atoms with E-state index >= 15 is 0 Å². The van der Waals surface area contributed by atoms with Crippen LogP contribution in [-0.2, 0) is 0 Å². The molecule has 0 aliphatic heterocycles. The number of hydrogen-bond acceptors (Lipinski definition) is 6. The Hall–Kier alpha value is -1.95. The van der Waals surface area contributed by atoms with Gasteiger partial charge in [-0.05, 0) is 18.9 Å². The van der Waals surface area contributed by atoms with Crippen LogP contribution in [0.1, 0.15) is 24.6 Å². The summed E-state index contributed by atoms with van der Waals surface area (Å²) in [5, 5.41) is 0. The second-order valence-electron chi connectivity index (χ2n) is 4.44. The third-order valence-electron chi connectivity index (χ3n) is 3.06. The first-order valence-corrected chi connectivity index (χ1v) is 6.54. The van der Waals surface area contributed by atoms with E-state index in [2.05, 4.69) is 23.7 Å².